The number of halogens is 1. The lowest BCUT2D eigenvalue weighted by atomic mass is 10.0. The SMILES string of the molecule is CCOc1cccn2nc(-c3ccccc3)c(-c3ccc(=O)n(C(C)C)n3)c12.Cl. The van der Waals surface area contributed by atoms with Crippen molar-refractivity contribution in [2.24, 2.45) is 0 Å². The zero-order chi connectivity index (χ0) is 19.7. The number of hydrogen-bond acceptors (Lipinski definition) is 4. The molecule has 3 aromatic heterocycles. The topological polar surface area (TPSA) is 61.4 Å². The summed E-state index contributed by atoms with van der Waals surface area (Å²) >= 11 is 0. The van der Waals surface area contributed by atoms with E-state index >= 15 is 0 Å². The Bertz CT molecular complexity index is 1180. The number of fused-ring (bicyclic) bond motifs is 1. The van der Waals surface area contributed by atoms with Gasteiger partial charge in [0.2, 0.25) is 0 Å². The molecule has 0 fully saturated rings. The molecule has 0 radical (unpaired) electrons. The van der Waals surface area contributed by atoms with Gasteiger partial charge in [0.25, 0.3) is 5.56 Å². The van der Waals surface area contributed by atoms with Crippen LogP contribution in [0.4, 0.5) is 0 Å². The smallest absolute Gasteiger partial charge is 0.267 e. The highest BCUT2D eigenvalue weighted by atomic mass is 35.5. The number of pyridine rings is 1. The molecule has 150 valence electrons. The average molecular weight is 411 g/mol. The van der Waals surface area contributed by atoms with Crippen molar-refractivity contribution in [2.75, 3.05) is 6.61 Å². The molecule has 0 amide bonds. The molecule has 0 atom stereocenters. The number of benzene rings is 1. The Balaban J connectivity index is 0.00000240. The molecule has 4 aromatic rings. The van der Waals surface area contributed by atoms with Crippen molar-refractivity contribution < 1.29 is 4.74 Å². The van der Waals surface area contributed by atoms with E-state index in [-0.39, 0.29) is 24.0 Å². The summed E-state index contributed by atoms with van der Waals surface area (Å²) in [6, 6.07) is 17.1. The van der Waals surface area contributed by atoms with E-state index in [1.165, 1.54) is 4.68 Å². The zero-order valence-electron chi connectivity index (χ0n) is 16.6. The average Bonchev–Trinajstić information content (AvgIpc) is 3.10. The lowest BCUT2D eigenvalue weighted by molar-refractivity contribution is 0.343. The van der Waals surface area contributed by atoms with Crippen LogP contribution in [-0.4, -0.2) is 26.0 Å². The van der Waals surface area contributed by atoms with Gasteiger partial charge in [-0.1, -0.05) is 30.3 Å². The van der Waals surface area contributed by atoms with Gasteiger partial charge in [0.15, 0.2) is 0 Å². The fourth-order valence-electron chi connectivity index (χ4n) is 3.31. The maximum atomic E-state index is 12.2. The molecule has 0 aliphatic heterocycles. The minimum Gasteiger partial charge on any atom is -0.492 e. The van der Waals surface area contributed by atoms with Gasteiger partial charge in [0, 0.05) is 17.8 Å². The maximum absolute atomic E-state index is 12.2. The molecule has 1 aromatic carbocycles. The summed E-state index contributed by atoms with van der Waals surface area (Å²) < 4.78 is 9.19. The van der Waals surface area contributed by atoms with Crippen molar-refractivity contribution in [1.82, 2.24) is 19.4 Å². The fraction of sp³-hybridized carbons (Fsp3) is 0.227. The van der Waals surface area contributed by atoms with Crippen molar-refractivity contribution >= 4 is 17.9 Å². The van der Waals surface area contributed by atoms with E-state index in [1.807, 2.05) is 73.9 Å². The summed E-state index contributed by atoms with van der Waals surface area (Å²) in [7, 11) is 0. The van der Waals surface area contributed by atoms with Crippen molar-refractivity contribution in [2.45, 2.75) is 26.8 Å². The third-order valence-corrected chi connectivity index (χ3v) is 4.54. The molecule has 0 unspecified atom stereocenters. The highest BCUT2D eigenvalue weighted by molar-refractivity contribution is 5.93. The van der Waals surface area contributed by atoms with Crippen molar-refractivity contribution in [3.8, 4) is 28.3 Å². The Hall–Kier alpha value is -3.12. The monoisotopic (exact) mass is 410 g/mol. The third-order valence-electron chi connectivity index (χ3n) is 4.54. The van der Waals surface area contributed by atoms with Crippen LogP contribution in [0.1, 0.15) is 26.8 Å². The van der Waals surface area contributed by atoms with Gasteiger partial charge in [-0.05, 0) is 39.0 Å². The van der Waals surface area contributed by atoms with E-state index < -0.39 is 0 Å². The first kappa shape index (κ1) is 20.6. The second-order valence-corrected chi connectivity index (χ2v) is 6.78. The van der Waals surface area contributed by atoms with E-state index in [1.54, 1.807) is 12.1 Å². The summed E-state index contributed by atoms with van der Waals surface area (Å²) in [4.78, 5) is 12.2. The number of nitrogens with zero attached hydrogens (tertiary/aromatic N) is 4. The molecule has 0 aliphatic carbocycles. The summed E-state index contributed by atoms with van der Waals surface area (Å²) in [6.45, 7) is 6.38. The van der Waals surface area contributed by atoms with E-state index in [0.717, 1.165) is 28.1 Å². The molecule has 0 spiro atoms. The van der Waals surface area contributed by atoms with Crippen LogP contribution >= 0.6 is 12.4 Å². The van der Waals surface area contributed by atoms with Crippen molar-refractivity contribution in [3.05, 3.63) is 71.1 Å². The van der Waals surface area contributed by atoms with Crippen LogP contribution in [0.2, 0.25) is 0 Å². The van der Waals surface area contributed by atoms with Crippen LogP contribution in [-0.2, 0) is 0 Å². The second-order valence-electron chi connectivity index (χ2n) is 6.78. The Kier molecular flexibility index (Phi) is 6.03. The molecular formula is C22H23ClN4O2. The Labute approximate surface area is 175 Å². The van der Waals surface area contributed by atoms with Gasteiger partial charge >= 0.3 is 0 Å². The minimum atomic E-state index is -0.124. The molecule has 0 bridgehead atoms. The van der Waals surface area contributed by atoms with Crippen LogP contribution < -0.4 is 10.3 Å². The van der Waals surface area contributed by atoms with E-state index in [9.17, 15) is 4.79 Å². The lowest BCUT2D eigenvalue weighted by Gasteiger charge is -2.11. The summed E-state index contributed by atoms with van der Waals surface area (Å²) in [5, 5.41) is 9.46. The molecule has 0 saturated heterocycles. The number of hydrogen-bond donors (Lipinski definition) is 0. The first-order valence-corrected chi connectivity index (χ1v) is 9.40. The van der Waals surface area contributed by atoms with Crippen LogP contribution in [0.15, 0.2) is 65.6 Å². The van der Waals surface area contributed by atoms with Gasteiger partial charge in [-0.3, -0.25) is 4.79 Å². The van der Waals surface area contributed by atoms with Gasteiger partial charge in [-0.25, -0.2) is 9.20 Å². The third kappa shape index (κ3) is 3.76. The molecule has 29 heavy (non-hydrogen) atoms. The molecule has 7 heteroatoms. The van der Waals surface area contributed by atoms with E-state index in [0.29, 0.717) is 12.3 Å². The zero-order valence-corrected chi connectivity index (χ0v) is 17.4. The number of ether oxygens (including phenoxy) is 1. The largest absolute Gasteiger partial charge is 0.492 e. The predicted molar refractivity (Wildman–Crippen MR) is 117 cm³/mol. The molecule has 4 rings (SSSR count). The summed E-state index contributed by atoms with van der Waals surface area (Å²) in [6.07, 6.45) is 1.90. The lowest BCUT2D eigenvalue weighted by Crippen LogP contribution is -2.23. The first-order chi connectivity index (χ1) is 13.6. The van der Waals surface area contributed by atoms with Gasteiger partial charge in [-0.2, -0.15) is 10.2 Å². The normalized spacial score (nSPS) is 10.9. The van der Waals surface area contributed by atoms with Gasteiger partial charge in [-0.15, -0.1) is 12.4 Å². The molecule has 0 aliphatic rings. The molecule has 3 heterocycles. The molecule has 6 nitrogen and oxygen atoms in total. The minimum absolute atomic E-state index is 0. The molecule has 0 N–H and O–H groups in total. The summed E-state index contributed by atoms with van der Waals surface area (Å²) in [5.41, 5.74) is 4.03. The fourth-order valence-corrected chi connectivity index (χ4v) is 3.31. The molecular weight excluding hydrogens is 388 g/mol. The Morgan fingerprint density at radius 1 is 1.00 bits per heavy atom. The highest BCUT2D eigenvalue weighted by Crippen LogP contribution is 2.37. The number of rotatable bonds is 5. The van der Waals surface area contributed by atoms with E-state index in [4.69, 9.17) is 9.84 Å². The molecule has 0 saturated carbocycles. The van der Waals surface area contributed by atoms with Crippen LogP contribution in [0.25, 0.3) is 28.0 Å². The van der Waals surface area contributed by atoms with E-state index in [2.05, 4.69) is 5.10 Å². The van der Waals surface area contributed by atoms with Gasteiger partial charge in [0.1, 0.15) is 17.0 Å². The Morgan fingerprint density at radius 3 is 2.45 bits per heavy atom. The van der Waals surface area contributed by atoms with Crippen LogP contribution in [0.5, 0.6) is 5.75 Å². The predicted octanol–water partition coefficient (Wildman–Crippen LogP) is 4.63. The van der Waals surface area contributed by atoms with Gasteiger partial charge in [0.05, 0.1) is 23.9 Å². The second kappa shape index (κ2) is 8.49. The first-order valence-electron chi connectivity index (χ1n) is 9.40. The standard InChI is InChI=1S/C22H22N4O2.ClH/c1-4-28-18-11-8-14-25-22(18)20(21(24-25)16-9-6-5-7-10-16)17-12-13-19(27)26(23-17)15(2)3;/h5-15H,4H2,1-3H3;1H. The van der Waals surface area contributed by atoms with Crippen molar-refractivity contribution in [1.29, 1.82) is 0 Å². The van der Waals surface area contributed by atoms with Crippen LogP contribution in [0.3, 0.4) is 0 Å². The van der Waals surface area contributed by atoms with Gasteiger partial charge < -0.3 is 4.74 Å². The quantitative estimate of drug-likeness (QED) is 0.481. The van der Waals surface area contributed by atoms with Crippen molar-refractivity contribution in [3.63, 3.8) is 0 Å². The highest BCUT2D eigenvalue weighted by Gasteiger charge is 2.21. The maximum Gasteiger partial charge on any atom is 0.267 e. The summed E-state index contributed by atoms with van der Waals surface area (Å²) in [5.74, 6) is 0.735. The Morgan fingerprint density at radius 2 is 1.76 bits per heavy atom. The van der Waals surface area contributed by atoms with Crippen LogP contribution in [0, 0.1) is 0 Å². The number of aromatic nitrogens is 4.